The smallest absolute Gasteiger partial charge is 0.325 e. The monoisotopic (exact) mass is 171 g/mol. The van der Waals surface area contributed by atoms with Gasteiger partial charge in [0.05, 0.1) is 5.71 Å². The highest BCUT2D eigenvalue weighted by atomic mass is 16.4. The van der Waals surface area contributed by atoms with Crippen molar-refractivity contribution in [3.05, 3.63) is 0 Å². The van der Waals surface area contributed by atoms with E-state index in [1.807, 2.05) is 13.8 Å². The molecular weight excluding hydrogens is 158 g/mol. The van der Waals surface area contributed by atoms with Crippen molar-refractivity contribution in [2.24, 2.45) is 21.9 Å². The number of aliphatic carboxylic acids is 1. The number of nitrogens with two attached hydrogens (primary N) is 1. The van der Waals surface area contributed by atoms with Gasteiger partial charge in [0.25, 0.3) is 0 Å². The largest absolute Gasteiger partial charge is 0.480 e. The predicted molar refractivity (Wildman–Crippen MR) is 47.5 cm³/mol. The molecule has 0 saturated heterocycles. The number of aliphatic imine (C=N–C) groups is 1. The van der Waals surface area contributed by atoms with Crippen molar-refractivity contribution in [1.29, 1.82) is 0 Å². The molecule has 5 nitrogen and oxygen atoms in total. The van der Waals surface area contributed by atoms with Gasteiger partial charge in [-0.25, -0.2) is 0 Å². The van der Waals surface area contributed by atoms with E-state index in [1.54, 1.807) is 0 Å². The van der Waals surface area contributed by atoms with Crippen LogP contribution in [0.4, 0.5) is 0 Å². The molecule has 0 unspecified atom stereocenters. The van der Waals surface area contributed by atoms with Gasteiger partial charge in [0.1, 0.15) is 6.54 Å². The molecule has 0 spiro atoms. The Balaban J connectivity index is 4.04. The fraction of sp³-hybridized carbons (Fsp3) is 0.571. The van der Waals surface area contributed by atoms with Gasteiger partial charge in [0.2, 0.25) is 0 Å². The molecule has 0 saturated carbocycles. The Bertz CT molecular complexity index is 209. The summed E-state index contributed by atoms with van der Waals surface area (Å²) >= 11 is 0. The highest BCUT2D eigenvalue weighted by molar-refractivity contribution is 6.31. The van der Waals surface area contributed by atoms with E-state index < -0.39 is 5.97 Å². The fourth-order valence-corrected chi connectivity index (χ4v) is 0.549. The highest BCUT2D eigenvalue weighted by Gasteiger charge is 2.00. The third-order valence-electron chi connectivity index (χ3n) is 1.19. The molecule has 0 aromatic carbocycles. The van der Waals surface area contributed by atoms with E-state index in [0.717, 1.165) is 0 Å². The van der Waals surface area contributed by atoms with E-state index in [-0.39, 0.29) is 12.5 Å². The van der Waals surface area contributed by atoms with E-state index in [1.165, 1.54) is 6.21 Å². The topological polar surface area (TPSA) is 88.0 Å². The van der Waals surface area contributed by atoms with Crippen molar-refractivity contribution in [3.8, 4) is 0 Å². The molecule has 0 aliphatic carbocycles. The Hall–Kier alpha value is -1.39. The summed E-state index contributed by atoms with van der Waals surface area (Å²) in [6.07, 6.45) is 1.39. The molecule has 0 aromatic rings. The third kappa shape index (κ3) is 4.43. The number of hydrazone groups is 1. The van der Waals surface area contributed by atoms with E-state index in [0.29, 0.717) is 5.71 Å². The highest BCUT2D eigenvalue weighted by Crippen LogP contribution is 1.92. The summed E-state index contributed by atoms with van der Waals surface area (Å²) in [4.78, 5) is 13.7. The zero-order valence-electron chi connectivity index (χ0n) is 7.19. The summed E-state index contributed by atoms with van der Waals surface area (Å²) in [7, 11) is 0. The maximum Gasteiger partial charge on any atom is 0.325 e. The van der Waals surface area contributed by atoms with Crippen molar-refractivity contribution in [1.82, 2.24) is 0 Å². The van der Waals surface area contributed by atoms with Crippen LogP contribution in [0.1, 0.15) is 13.8 Å². The molecular formula is C7H13N3O2. The Morgan fingerprint density at radius 2 is 2.25 bits per heavy atom. The molecule has 0 rings (SSSR count). The van der Waals surface area contributed by atoms with Crippen LogP contribution >= 0.6 is 0 Å². The fourth-order valence-electron chi connectivity index (χ4n) is 0.549. The van der Waals surface area contributed by atoms with Crippen molar-refractivity contribution in [3.63, 3.8) is 0 Å². The molecule has 0 amide bonds. The zero-order valence-corrected chi connectivity index (χ0v) is 7.19. The van der Waals surface area contributed by atoms with Gasteiger partial charge < -0.3 is 10.9 Å². The van der Waals surface area contributed by atoms with Crippen molar-refractivity contribution in [2.45, 2.75) is 13.8 Å². The number of rotatable bonds is 4. The zero-order chi connectivity index (χ0) is 9.56. The molecule has 5 heteroatoms. The molecule has 12 heavy (non-hydrogen) atoms. The Morgan fingerprint density at radius 3 is 2.58 bits per heavy atom. The normalized spacial score (nSPS) is 12.8. The second kappa shape index (κ2) is 5.29. The molecule has 0 heterocycles. The Morgan fingerprint density at radius 1 is 1.67 bits per heavy atom. The minimum atomic E-state index is -0.966. The lowest BCUT2D eigenvalue weighted by Crippen LogP contribution is -2.12. The average Bonchev–Trinajstić information content (AvgIpc) is 1.96. The van der Waals surface area contributed by atoms with Gasteiger partial charge in [0, 0.05) is 6.21 Å². The van der Waals surface area contributed by atoms with Crippen molar-refractivity contribution >= 4 is 17.9 Å². The summed E-state index contributed by atoms with van der Waals surface area (Å²) < 4.78 is 0. The number of hydrogen-bond donors (Lipinski definition) is 2. The number of carboxylic acids is 1. The van der Waals surface area contributed by atoms with Gasteiger partial charge in [0.15, 0.2) is 0 Å². The van der Waals surface area contributed by atoms with Crippen LogP contribution in [0.5, 0.6) is 0 Å². The van der Waals surface area contributed by atoms with E-state index in [9.17, 15) is 4.79 Å². The second-order valence-corrected chi connectivity index (χ2v) is 2.57. The first-order valence-electron chi connectivity index (χ1n) is 3.57. The van der Waals surface area contributed by atoms with Crippen LogP contribution in [0.2, 0.25) is 0 Å². The number of carbonyl (C=O) groups is 1. The molecule has 0 bridgehead atoms. The Kier molecular flexibility index (Phi) is 4.67. The lowest BCUT2D eigenvalue weighted by atomic mass is 10.1. The molecule has 0 radical (unpaired) electrons. The lowest BCUT2D eigenvalue weighted by molar-refractivity contribution is -0.135. The maximum atomic E-state index is 10.1. The summed E-state index contributed by atoms with van der Waals surface area (Å²) in [5, 5.41) is 11.7. The van der Waals surface area contributed by atoms with Crippen LogP contribution in [-0.4, -0.2) is 29.5 Å². The van der Waals surface area contributed by atoms with Crippen molar-refractivity contribution in [2.75, 3.05) is 6.54 Å². The second-order valence-electron chi connectivity index (χ2n) is 2.57. The average molecular weight is 171 g/mol. The first kappa shape index (κ1) is 10.6. The van der Waals surface area contributed by atoms with E-state index >= 15 is 0 Å². The molecule has 0 atom stereocenters. The summed E-state index contributed by atoms with van der Waals surface area (Å²) in [5.74, 6) is 4.23. The lowest BCUT2D eigenvalue weighted by Gasteiger charge is -2.00. The van der Waals surface area contributed by atoms with Crippen LogP contribution in [0.3, 0.4) is 0 Å². The van der Waals surface area contributed by atoms with Crippen LogP contribution in [0, 0.1) is 5.92 Å². The van der Waals surface area contributed by atoms with Crippen LogP contribution in [0.15, 0.2) is 10.1 Å². The standard InChI is InChI=1S/C7H13N3O2/c1-5(2)6(10-8)3-9-4-7(11)12/h3,5H,4,8H2,1-2H3,(H,11,12). The Labute approximate surface area is 71.0 Å². The third-order valence-corrected chi connectivity index (χ3v) is 1.19. The van der Waals surface area contributed by atoms with Gasteiger partial charge in [-0.05, 0) is 5.92 Å². The van der Waals surface area contributed by atoms with Gasteiger partial charge in [-0.1, -0.05) is 13.8 Å². The molecule has 68 valence electrons. The first-order valence-corrected chi connectivity index (χ1v) is 3.57. The quantitative estimate of drug-likeness (QED) is 0.357. The molecule has 0 aliphatic rings. The molecule has 0 aliphatic heterocycles. The van der Waals surface area contributed by atoms with Crippen LogP contribution < -0.4 is 5.84 Å². The maximum absolute atomic E-state index is 10.1. The number of carboxylic acid groups (broad SMARTS) is 1. The SMILES string of the molecule is CC(C)C(C=NCC(=O)O)=NN. The summed E-state index contributed by atoms with van der Waals surface area (Å²) in [5.41, 5.74) is 0.594. The van der Waals surface area contributed by atoms with Crippen molar-refractivity contribution < 1.29 is 9.90 Å². The predicted octanol–water partition coefficient (Wildman–Crippen LogP) is 0.112. The number of nitrogens with zero attached hydrogens (tertiary/aromatic N) is 2. The van der Waals surface area contributed by atoms with Gasteiger partial charge in [-0.2, -0.15) is 5.10 Å². The molecule has 0 fully saturated rings. The van der Waals surface area contributed by atoms with Gasteiger partial charge in [-0.15, -0.1) is 0 Å². The minimum Gasteiger partial charge on any atom is -0.480 e. The first-order chi connectivity index (χ1) is 5.57. The van der Waals surface area contributed by atoms with E-state index in [2.05, 4.69) is 10.1 Å². The van der Waals surface area contributed by atoms with Gasteiger partial charge in [-0.3, -0.25) is 9.79 Å². The molecule has 0 aromatic heterocycles. The van der Waals surface area contributed by atoms with Crippen LogP contribution in [-0.2, 0) is 4.79 Å². The molecule has 3 N–H and O–H groups in total. The van der Waals surface area contributed by atoms with Gasteiger partial charge >= 0.3 is 5.97 Å². The number of hydrogen-bond acceptors (Lipinski definition) is 4. The van der Waals surface area contributed by atoms with E-state index in [4.69, 9.17) is 10.9 Å². The van der Waals surface area contributed by atoms with Crippen LogP contribution in [0.25, 0.3) is 0 Å². The summed E-state index contributed by atoms with van der Waals surface area (Å²) in [6.45, 7) is 3.56. The minimum absolute atomic E-state index is 0.160. The summed E-state index contributed by atoms with van der Waals surface area (Å²) in [6, 6.07) is 0.